The molecule has 0 unspecified atom stereocenters. The predicted octanol–water partition coefficient (Wildman–Crippen LogP) is 2.56. The van der Waals surface area contributed by atoms with Gasteiger partial charge < -0.3 is 9.64 Å². The van der Waals surface area contributed by atoms with Crippen LogP contribution in [0.25, 0.3) is 0 Å². The fourth-order valence-corrected chi connectivity index (χ4v) is 1.81. The summed E-state index contributed by atoms with van der Waals surface area (Å²) in [6.45, 7) is 0.739. The number of hydrogen-bond donors (Lipinski definition) is 0. The summed E-state index contributed by atoms with van der Waals surface area (Å²) >= 11 is 3.13. The molecular formula is C10H13BrF3N3O. The lowest BCUT2D eigenvalue weighted by molar-refractivity contribution is -0.119. The highest BCUT2D eigenvalue weighted by Crippen LogP contribution is 2.23. The first-order valence-corrected chi connectivity index (χ1v) is 6.25. The van der Waals surface area contributed by atoms with Crippen molar-refractivity contribution < 1.29 is 17.9 Å². The van der Waals surface area contributed by atoms with Crippen molar-refractivity contribution in [2.45, 2.75) is 13.1 Å². The average Bonchev–Trinajstić information content (AvgIpc) is 2.26. The number of ether oxygens (including phenoxy) is 1. The number of hydrogen-bond acceptors (Lipinski definition) is 4. The Kier molecular flexibility index (Phi) is 5.18. The highest BCUT2D eigenvalue weighted by atomic mass is 79.9. The van der Waals surface area contributed by atoms with Crippen LogP contribution in [0.1, 0.15) is 5.82 Å². The SMILES string of the molecule is COc1cc(N(CCBr)CC(F)(F)F)nc(C)n1. The Morgan fingerprint density at radius 3 is 2.56 bits per heavy atom. The van der Waals surface area contributed by atoms with Crippen LogP contribution in [0, 0.1) is 6.92 Å². The Balaban J connectivity index is 3.01. The van der Waals surface area contributed by atoms with Crippen molar-refractivity contribution in [3.63, 3.8) is 0 Å². The Labute approximate surface area is 111 Å². The van der Waals surface area contributed by atoms with Crippen molar-refractivity contribution in [1.29, 1.82) is 0 Å². The molecular weight excluding hydrogens is 315 g/mol. The number of methoxy groups -OCH3 is 1. The summed E-state index contributed by atoms with van der Waals surface area (Å²) < 4.78 is 42.3. The van der Waals surface area contributed by atoms with Crippen LogP contribution in [0.4, 0.5) is 19.0 Å². The zero-order chi connectivity index (χ0) is 13.8. The number of nitrogens with zero attached hydrogens (tertiary/aromatic N) is 3. The molecule has 0 saturated carbocycles. The molecule has 102 valence electrons. The molecule has 0 radical (unpaired) electrons. The predicted molar refractivity (Wildman–Crippen MR) is 65.4 cm³/mol. The molecule has 8 heteroatoms. The summed E-state index contributed by atoms with van der Waals surface area (Å²) in [5, 5.41) is 0.411. The zero-order valence-electron chi connectivity index (χ0n) is 9.96. The Morgan fingerprint density at radius 2 is 2.06 bits per heavy atom. The zero-order valence-corrected chi connectivity index (χ0v) is 11.5. The van der Waals surface area contributed by atoms with Gasteiger partial charge in [0.15, 0.2) is 0 Å². The van der Waals surface area contributed by atoms with E-state index in [2.05, 4.69) is 25.9 Å². The van der Waals surface area contributed by atoms with Crippen LogP contribution >= 0.6 is 15.9 Å². The molecule has 0 bridgehead atoms. The monoisotopic (exact) mass is 327 g/mol. The molecule has 0 fully saturated rings. The van der Waals surface area contributed by atoms with Crippen molar-refractivity contribution in [2.75, 3.05) is 30.4 Å². The van der Waals surface area contributed by atoms with Crippen LogP contribution in [0.3, 0.4) is 0 Å². The molecule has 1 heterocycles. The number of aromatic nitrogens is 2. The molecule has 0 spiro atoms. The lowest BCUT2D eigenvalue weighted by Crippen LogP contribution is -2.36. The van der Waals surface area contributed by atoms with Gasteiger partial charge in [0.2, 0.25) is 5.88 Å². The van der Waals surface area contributed by atoms with Crippen LogP contribution in [0.2, 0.25) is 0 Å². The lowest BCUT2D eigenvalue weighted by atomic mass is 10.4. The van der Waals surface area contributed by atoms with E-state index in [0.29, 0.717) is 11.2 Å². The Bertz CT molecular complexity index is 400. The van der Waals surface area contributed by atoms with Gasteiger partial charge in [-0.15, -0.1) is 0 Å². The highest BCUT2D eigenvalue weighted by molar-refractivity contribution is 9.09. The minimum Gasteiger partial charge on any atom is -0.481 e. The third-order valence-electron chi connectivity index (χ3n) is 2.06. The first-order chi connectivity index (χ1) is 8.35. The third kappa shape index (κ3) is 4.67. The van der Waals surface area contributed by atoms with E-state index in [1.807, 2.05) is 0 Å². The van der Waals surface area contributed by atoms with E-state index in [-0.39, 0.29) is 18.2 Å². The van der Waals surface area contributed by atoms with Crippen molar-refractivity contribution in [2.24, 2.45) is 0 Å². The molecule has 0 aliphatic carbocycles. The van der Waals surface area contributed by atoms with Gasteiger partial charge in [0.25, 0.3) is 0 Å². The van der Waals surface area contributed by atoms with Crippen molar-refractivity contribution in [1.82, 2.24) is 9.97 Å². The van der Waals surface area contributed by atoms with E-state index in [9.17, 15) is 13.2 Å². The van der Waals surface area contributed by atoms with Crippen LogP contribution in [0.5, 0.6) is 5.88 Å². The molecule has 0 amide bonds. The summed E-state index contributed by atoms with van der Waals surface area (Å²) in [4.78, 5) is 9.07. The first kappa shape index (κ1) is 15.0. The normalized spacial score (nSPS) is 11.4. The van der Waals surface area contributed by atoms with E-state index in [1.165, 1.54) is 13.2 Å². The maximum Gasteiger partial charge on any atom is 0.405 e. The molecule has 0 saturated heterocycles. The third-order valence-corrected chi connectivity index (χ3v) is 2.41. The lowest BCUT2D eigenvalue weighted by Gasteiger charge is -2.24. The Morgan fingerprint density at radius 1 is 1.39 bits per heavy atom. The second-order valence-corrected chi connectivity index (χ2v) is 4.33. The van der Waals surface area contributed by atoms with E-state index >= 15 is 0 Å². The van der Waals surface area contributed by atoms with Gasteiger partial charge in [0, 0.05) is 17.9 Å². The van der Waals surface area contributed by atoms with Gasteiger partial charge in [0.05, 0.1) is 7.11 Å². The van der Waals surface area contributed by atoms with E-state index in [1.54, 1.807) is 6.92 Å². The second kappa shape index (κ2) is 6.21. The Hall–Kier alpha value is -1.05. The maximum absolute atomic E-state index is 12.5. The smallest absolute Gasteiger partial charge is 0.405 e. The molecule has 18 heavy (non-hydrogen) atoms. The molecule has 4 nitrogen and oxygen atoms in total. The summed E-state index contributed by atoms with van der Waals surface area (Å²) in [6.07, 6.45) is -4.28. The number of halogens is 4. The number of aryl methyl sites for hydroxylation is 1. The fraction of sp³-hybridized carbons (Fsp3) is 0.600. The minimum atomic E-state index is -4.28. The summed E-state index contributed by atoms with van der Waals surface area (Å²) in [5.41, 5.74) is 0. The average molecular weight is 328 g/mol. The van der Waals surface area contributed by atoms with Crippen LogP contribution in [-0.2, 0) is 0 Å². The molecule has 0 aliphatic rings. The van der Waals surface area contributed by atoms with Crippen molar-refractivity contribution in [3.8, 4) is 5.88 Å². The minimum absolute atomic E-state index is 0.194. The molecule has 0 aromatic carbocycles. The maximum atomic E-state index is 12.5. The van der Waals surface area contributed by atoms with Gasteiger partial charge in [-0.25, -0.2) is 4.98 Å². The summed E-state index contributed by atoms with van der Waals surface area (Å²) in [6, 6.07) is 1.39. The van der Waals surface area contributed by atoms with Gasteiger partial charge in [-0.05, 0) is 6.92 Å². The fourth-order valence-electron chi connectivity index (χ4n) is 1.38. The standard InChI is InChI=1S/C10H13BrF3N3O/c1-7-15-8(5-9(16-7)18-2)17(4-3-11)6-10(12,13)14/h5H,3-4,6H2,1-2H3. The first-order valence-electron chi connectivity index (χ1n) is 5.13. The number of rotatable bonds is 5. The number of anilines is 1. The van der Waals surface area contributed by atoms with Gasteiger partial charge in [-0.3, -0.25) is 0 Å². The molecule has 0 N–H and O–H groups in total. The van der Waals surface area contributed by atoms with E-state index in [0.717, 1.165) is 4.90 Å². The molecule has 1 aromatic heterocycles. The van der Waals surface area contributed by atoms with Crippen molar-refractivity contribution in [3.05, 3.63) is 11.9 Å². The molecule has 0 aliphatic heterocycles. The topological polar surface area (TPSA) is 38.2 Å². The van der Waals surface area contributed by atoms with Gasteiger partial charge in [-0.2, -0.15) is 18.2 Å². The number of alkyl halides is 4. The second-order valence-electron chi connectivity index (χ2n) is 3.54. The van der Waals surface area contributed by atoms with Gasteiger partial charge in [-0.1, -0.05) is 15.9 Å². The van der Waals surface area contributed by atoms with Gasteiger partial charge >= 0.3 is 6.18 Å². The molecule has 1 aromatic rings. The largest absolute Gasteiger partial charge is 0.481 e. The van der Waals surface area contributed by atoms with E-state index < -0.39 is 12.7 Å². The quantitative estimate of drug-likeness (QED) is 0.779. The van der Waals surface area contributed by atoms with Crippen LogP contribution in [0.15, 0.2) is 6.07 Å². The highest BCUT2D eigenvalue weighted by Gasteiger charge is 2.31. The molecule has 0 atom stereocenters. The van der Waals surface area contributed by atoms with E-state index in [4.69, 9.17) is 4.74 Å². The summed E-state index contributed by atoms with van der Waals surface area (Å²) in [5.74, 6) is 0.821. The molecule has 1 rings (SSSR count). The van der Waals surface area contributed by atoms with Crippen LogP contribution in [-0.4, -0.2) is 41.7 Å². The van der Waals surface area contributed by atoms with Crippen molar-refractivity contribution >= 4 is 21.7 Å². The van der Waals surface area contributed by atoms with Crippen LogP contribution < -0.4 is 9.64 Å². The van der Waals surface area contributed by atoms with Gasteiger partial charge in [0.1, 0.15) is 18.2 Å². The summed E-state index contributed by atoms with van der Waals surface area (Å²) in [7, 11) is 1.41.